The molecule has 0 aliphatic carbocycles. The number of nitrogens with one attached hydrogen (secondary N) is 2. The highest BCUT2D eigenvalue weighted by atomic mass is 79.9. The number of para-hydroxylation sites is 1. The van der Waals surface area contributed by atoms with Crippen LogP contribution in [-0.2, 0) is 4.79 Å². The summed E-state index contributed by atoms with van der Waals surface area (Å²) in [6.45, 7) is 2.13. The lowest BCUT2D eigenvalue weighted by Gasteiger charge is -2.18. The van der Waals surface area contributed by atoms with Crippen molar-refractivity contribution >= 4 is 39.5 Å². The zero-order valence-electron chi connectivity index (χ0n) is 11.6. The summed E-state index contributed by atoms with van der Waals surface area (Å²) in [6.07, 6.45) is 0. The first-order chi connectivity index (χ1) is 9.86. The molecule has 114 valence electrons. The van der Waals surface area contributed by atoms with E-state index < -0.39 is 12.0 Å². The van der Waals surface area contributed by atoms with E-state index in [1.165, 1.54) is 13.1 Å². The number of anilines is 1. The van der Waals surface area contributed by atoms with Gasteiger partial charge < -0.3 is 20.6 Å². The summed E-state index contributed by atoms with van der Waals surface area (Å²) in [6, 6.07) is 3.98. The van der Waals surface area contributed by atoms with Crippen LogP contribution in [0.2, 0.25) is 0 Å². The maximum Gasteiger partial charge on any atom is 0.337 e. The minimum atomic E-state index is -1.15. The molecular formula is C13H16BrN3O4. The van der Waals surface area contributed by atoms with Crippen molar-refractivity contribution in [3.63, 3.8) is 0 Å². The summed E-state index contributed by atoms with van der Waals surface area (Å²) in [5, 5.41) is 14.2. The van der Waals surface area contributed by atoms with Gasteiger partial charge in [-0.25, -0.2) is 9.59 Å². The number of amides is 3. The molecule has 0 fully saturated rings. The number of carboxylic acid groups (broad SMARTS) is 1. The van der Waals surface area contributed by atoms with Crippen molar-refractivity contribution in [2.24, 2.45) is 0 Å². The molecular weight excluding hydrogens is 342 g/mol. The number of likely N-dealkylation sites (N-methyl/N-ethyl adjacent to an activating group) is 2. The lowest BCUT2D eigenvalue weighted by Crippen LogP contribution is -2.40. The third-order valence-corrected chi connectivity index (χ3v) is 3.24. The fraction of sp³-hybridized carbons (Fsp3) is 0.308. The van der Waals surface area contributed by atoms with Crippen LogP contribution in [0.15, 0.2) is 22.7 Å². The lowest BCUT2D eigenvalue weighted by molar-refractivity contribution is -0.121. The maximum atomic E-state index is 12.0. The van der Waals surface area contributed by atoms with Gasteiger partial charge in [0.05, 0.1) is 11.3 Å². The average Bonchev–Trinajstić information content (AvgIpc) is 2.40. The van der Waals surface area contributed by atoms with Crippen LogP contribution in [0.25, 0.3) is 0 Å². The molecule has 1 rings (SSSR count). The summed E-state index contributed by atoms with van der Waals surface area (Å²) >= 11 is 3.19. The normalized spacial score (nSPS) is 9.86. The van der Waals surface area contributed by atoms with Crippen molar-refractivity contribution in [1.82, 2.24) is 10.2 Å². The Morgan fingerprint density at radius 3 is 2.57 bits per heavy atom. The standard InChI is InChI=1S/C13H16BrN3O4/c1-3-15-10(18)7-17(2)13(21)16-11-8(12(19)20)5-4-6-9(11)14/h4-6H,3,7H2,1-2H3,(H,15,18)(H,16,21)(H,19,20). The van der Waals surface area contributed by atoms with Gasteiger partial charge in [0.15, 0.2) is 0 Å². The molecule has 0 saturated heterocycles. The number of carbonyl (C=O) groups is 3. The second kappa shape index (κ2) is 7.63. The molecule has 0 heterocycles. The number of halogens is 1. The molecule has 1 aromatic rings. The number of nitrogens with zero attached hydrogens (tertiary/aromatic N) is 1. The van der Waals surface area contributed by atoms with E-state index in [1.807, 2.05) is 0 Å². The molecule has 3 amide bonds. The first-order valence-corrected chi connectivity index (χ1v) is 6.96. The summed E-state index contributed by atoms with van der Waals surface area (Å²) < 4.78 is 0.446. The van der Waals surface area contributed by atoms with E-state index in [-0.39, 0.29) is 23.7 Å². The van der Waals surface area contributed by atoms with E-state index >= 15 is 0 Å². The fourth-order valence-electron chi connectivity index (χ4n) is 1.57. The van der Waals surface area contributed by atoms with E-state index in [9.17, 15) is 14.4 Å². The van der Waals surface area contributed by atoms with Crippen molar-refractivity contribution in [2.45, 2.75) is 6.92 Å². The molecule has 3 N–H and O–H groups in total. The SMILES string of the molecule is CCNC(=O)CN(C)C(=O)Nc1c(Br)cccc1C(=O)O. The number of benzene rings is 1. The number of rotatable bonds is 5. The minimum Gasteiger partial charge on any atom is -0.478 e. The Morgan fingerprint density at radius 1 is 1.33 bits per heavy atom. The van der Waals surface area contributed by atoms with E-state index in [1.54, 1.807) is 19.1 Å². The zero-order valence-corrected chi connectivity index (χ0v) is 13.2. The number of hydrogen-bond acceptors (Lipinski definition) is 3. The van der Waals surface area contributed by atoms with Gasteiger partial charge in [-0.15, -0.1) is 0 Å². The van der Waals surface area contributed by atoms with Gasteiger partial charge in [-0.1, -0.05) is 6.07 Å². The van der Waals surface area contributed by atoms with Crippen LogP contribution in [0.5, 0.6) is 0 Å². The average molecular weight is 358 g/mol. The van der Waals surface area contributed by atoms with Crippen LogP contribution in [-0.4, -0.2) is 48.1 Å². The van der Waals surface area contributed by atoms with Crippen molar-refractivity contribution < 1.29 is 19.5 Å². The maximum absolute atomic E-state index is 12.0. The van der Waals surface area contributed by atoms with E-state index in [0.717, 1.165) is 4.90 Å². The van der Waals surface area contributed by atoms with E-state index in [0.29, 0.717) is 11.0 Å². The number of urea groups is 1. The smallest absolute Gasteiger partial charge is 0.337 e. The molecule has 8 heteroatoms. The molecule has 0 unspecified atom stereocenters. The number of carboxylic acids is 1. The topological polar surface area (TPSA) is 98.7 Å². The number of carbonyl (C=O) groups excluding carboxylic acids is 2. The molecule has 0 bridgehead atoms. The molecule has 0 aliphatic rings. The van der Waals surface area contributed by atoms with Gasteiger partial charge in [0.25, 0.3) is 0 Å². The summed E-state index contributed by atoms with van der Waals surface area (Å²) in [5.74, 6) is -1.45. The van der Waals surface area contributed by atoms with Gasteiger partial charge in [-0.2, -0.15) is 0 Å². The van der Waals surface area contributed by atoms with E-state index in [2.05, 4.69) is 26.6 Å². The van der Waals surface area contributed by atoms with Crippen LogP contribution in [0.1, 0.15) is 17.3 Å². The number of aromatic carboxylic acids is 1. The molecule has 0 spiro atoms. The Balaban J connectivity index is 2.84. The first-order valence-electron chi connectivity index (χ1n) is 6.17. The second-order valence-electron chi connectivity index (χ2n) is 4.21. The van der Waals surface area contributed by atoms with Crippen LogP contribution in [0.4, 0.5) is 10.5 Å². The molecule has 0 atom stereocenters. The molecule has 0 aliphatic heterocycles. The van der Waals surface area contributed by atoms with Gasteiger partial charge in [0, 0.05) is 18.1 Å². The monoisotopic (exact) mass is 357 g/mol. The molecule has 0 aromatic heterocycles. The van der Waals surface area contributed by atoms with Gasteiger partial charge in [0.1, 0.15) is 6.54 Å². The number of hydrogen-bond donors (Lipinski definition) is 3. The largest absolute Gasteiger partial charge is 0.478 e. The third-order valence-electron chi connectivity index (χ3n) is 2.58. The third kappa shape index (κ3) is 4.75. The Kier molecular flexibility index (Phi) is 6.16. The predicted octanol–water partition coefficient (Wildman–Crippen LogP) is 1.75. The second-order valence-corrected chi connectivity index (χ2v) is 5.06. The summed E-state index contributed by atoms with van der Waals surface area (Å²) in [7, 11) is 1.45. The van der Waals surface area contributed by atoms with Crippen molar-refractivity contribution in [2.75, 3.05) is 25.5 Å². The van der Waals surface area contributed by atoms with Gasteiger partial charge in [0.2, 0.25) is 5.91 Å². The molecule has 21 heavy (non-hydrogen) atoms. The van der Waals surface area contributed by atoms with Crippen molar-refractivity contribution in [1.29, 1.82) is 0 Å². The first kappa shape index (κ1) is 17.0. The molecule has 0 radical (unpaired) electrons. The lowest BCUT2D eigenvalue weighted by atomic mass is 10.2. The van der Waals surface area contributed by atoms with Gasteiger partial charge in [-0.05, 0) is 35.0 Å². The Labute approximate surface area is 130 Å². The fourth-order valence-corrected chi connectivity index (χ4v) is 2.04. The highest BCUT2D eigenvalue weighted by Crippen LogP contribution is 2.26. The van der Waals surface area contributed by atoms with E-state index in [4.69, 9.17) is 5.11 Å². The summed E-state index contributed by atoms with van der Waals surface area (Å²) in [4.78, 5) is 35.7. The van der Waals surface area contributed by atoms with Crippen LogP contribution in [0.3, 0.4) is 0 Å². The highest BCUT2D eigenvalue weighted by Gasteiger charge is 2.18. The summed E-state index contributed by atoms with van der Waals surface area (Å²) in [5.41, 5.74) is 0.113. The minimum absolute atomic E-state index is 0.0378. The predicted molar refractivity (Wildman–Crippen MR) is 81.4 cm³/mol. The van der Waals surface area contributed by atoms with Crippen molar-refractivity contribution in [3.05, 3.63) is 28.2 Å². The molecule has 7 nitrogen and oxygen atoms in total. The van der Waals surface area contributed by atoms with Crippen LogP contribution in [0, 0.1) is 0 Å². The van der Waals surface area contributed by atoms with Crippen molar-refractivity contribution in [3.8, 4) is 0 Å². The zero-order chi connectivity index (χ0) is 16.0. The Morgan fingerprint density at radius 2 is 2.00 bits per heavy atom. The Bertz CT molecular complexity index is 562. The Hall–Kier alpha value is -2.09. The molecule has 0 saturated carbocycles. The van der Waals surface area contributed by atoms with Crippen LogP contribution >= 0.6 is 15.9 Å². The molecule has 1 aromatic carbocycles. The highest BCUT2D eigenvalue weighted by molar-refractivity contribution is 9.10. The quantitative estimate of drug-likeness (QED) is 0.747. The van der Waals surface area contributed by atoms with Crippen LogP contribution < -0.4 is 10.6 Å². The van der Waals surface area contributed by atoms with Gasteiger partial charge in [-0.3, -0.25) is 4.79 Å². The van der Waals surface area contributed by atoms with Gasteiger partial charge >= 0.3 is 12.0 Å².